The summed E-state index contributed by atoms with van der Waals surface area (Å²) in [5.74, 6) is -1.53. The lowest BCUT2D eigenvalue weighted by Gasteiger charge is -2.21. The third-order valence-electron chi connectivity index (χ3n) is 3.27. The SMILES string of the molecule is CCNC(=O)[C@H](C)NC[C@@H](O)[C@@H](N)Cc1cc(F)cc(F)c1. The predicted molar refractivity (Wildman–Crippen MR) is 80.2 cm³/mol. The van der Waals surface area contributed by atoms with E-state index in [1.807, 2.05) is 6.92 Å². The van der Waals surface area contributed by atoms with Gasteiger partial charge in [-0.3, -0.25) is 4.79 Å². The minimum atomic E-state index is -0.941. The van der Waals surface area contributed by atoms with E-state index in [9.17, 15) is 18.7 Å². The zero-order valence-corrected chi connectivity index (χ0v) is 12.8. The molecule has 1 amide bonds. The van der Waals surface area contributed by atoms with E-state index < -0.39 is 29.8 Å². The molecule has 0 aromatic heterocycles. The highest BCUT2D eigenvalue weighted by Crippen LogP contribution is 2.10. The van der Waals surface area contributed by atoms with E-state index in [1.54, 1.807) is 6.92 Å². The fourth-order valence-corrected chi connectivity index (χ4v) is 2.01. The molecule has 0 fully saturated rings. The number of carbonyl (C=O) groups excluding carboxylic acids is 1. The first-order valence-corrected chi connectivity index (χ1v) is 7.23. The second kappa shape index (κ2) is 8.77. The Labute approximate surface area is 128 Å². The molecular formula is C15H23F2N3O2. The number of hydrogen-bond acceptors (Lipinski definition) is 4. The number of aliphatic hydroxyl groups excluding tert-OH is 1. The van der Waals surface area contributed by atoms with Gasteiger partial charge in [0.15, 0.2) is 0 Å². The Kier molecular flexibility index (Phi) is 7.37. The summed E-state index contributed by atoms with van der Waals surface area (Å²) >= 11 is 0. The Balaban J connectivity index is 2.47. The molecule has 0 heterocycles. The molecular weight excluding hydrogens is 292 g/mol. The van der Waals surface area contributed by atoms with Crippen molar-refractivity contribution in [1.82, 2.24) is 10.6 Å². The Bertz CT molecular complexity index is 479. The third-order valence-corrected chi connectivity index (χ3v) is 3.27. The topological polar surface area (TPSA) is 87.4 Å². The molecule has 0 aliphatic rings. The molecule has 5 N–H and O–H groups in total. The first-order chi connectivity index (χ1) is 10.3. The van der Waals surface area contributed by atoms with Gasteiger partial charge in [0.25, 0.3) is 0 Å². The van der Waals surface area contributed by atoms with Crippen molar-refractivity contribution >= 4 is 5.91 Å². The average molecular weight is 315 g/mol. The summed E-state index contributed by atoms with van der Waals surface area (Å²) in [5.41, 5.74) is 6.21. The van der Waals surface area contributed by atoms with Crippen LogP contribution in [0.3, 0.4) is 0 Å². The van der Waals surface area contributed by atoms with Crippen molar-refractivity contribution in [3.63, 3.8) is 0 Å². The first kappa shape index (κ1) is 18.5. The van der Waals surface area contributed by atoms with Gasteiger partial charge in [0.2, 0.25) is 5.91 Å². The number of benzene rings is 1. The number of hydrogen-bond donors (Lipinski definition) is 4. The third kappa shape index (κ3) is 6.05. The molecule has 124 valence electrons. The molecule has 1 aromatic carbocycles. The summed E-state index contributed by atoms with van der Waals surface area (Å²) in [6.07, 6.45) is -0.809. The number of halogens is 2. The molecule has 0 spiro atoms. The smallest absolute Gasteiger partial charge is 0.236 e. The predicted octanol–water partition coefficient (Wildman–Crippen LogP) is 0.310. The van der Waals surface area contributed by atoms with Crippen LogP contribution in [0.5, 0.6) is 0 Å². The van der Waals surface area contributed by atoms with Crippen molar-refractivity contribution in [3.05, 3.63) is 35.4 Å². The van der Waals surface area contributed by atoms with Gasteiger partial charge in [-0.05, 0) is 38.0 Å². The largest absolute Gasteiger partial charge is 0.390 e. The van der Waals surface area contributed by atoms with Crippen molar-refractivity contribution in [2.24, 2.45) is 5.73 Å². The van der Waals surface area contributed by atoms with Crippen LogP contribution in [-0.4, -0.2) is 42.3 Å². The second-order valence-corrected chi connectivity index (χ2v) is 5.24. The van der Waals surface area contributed by atoms with Crippen molar-refractivity contribution < 1.29 is 18.7 Å². The molecule has 0 unspecified atom stereocenters. The van der Waals surface area contributed by atoms with Gasteiger partial charge in [-0.25, -0.2) is 8.78 Å². The summed E-state index contributed by atoms with van der Waals surface area (Å²) in [6, 6.07) is 1.98. The number of aliphatic hydroxyl groups is 1. The standard InChI is InChI=1S/C15H23F2N3O2/c1-3-19-15(22)9(2)20-8-14(21)13(18)6-10-4-11(16)7-12(17)5-10/h4-5,7,9,13-14,20-21H,3,6,8,18H2,1-2H3,(H,19,22)/t9-,13-,14+/m0/s1. The van der Waals surface area contributed by atoms with E-state index in [2.05, 4.69) is 10.6 Å². The van der Waals surface area contributed by atoms with Gasteiger partial charge in [-0.2, -0.15) is 0 Å². The molecule has 0 radical (unpaired) electrons. The highest BCUT2D eigenvalue weighted by molar-refractivity contribution is 5.81. The molecule has 0 saturated heterocycles. The normalized spacial score (nSPS) is 15.2. The Hall–Kier alpha value is -1.57. The van der Waals surface area contributed by atoms with Crippen LogP contribution < -0.4 is 16.4 Å². The Morgan fingerprint density at radius 3 is 2.45 bits per heavy atom. The van der Waals surface area contributed by atoms with Crippen molar-refractivity contribution in [2.75, 3.05) is 13.1 Å². The van der Waals surface area contributed by atoms with E-state index in [4.69, 9.17) is 5.73 Å². The van der Waals surface area contributed by atoms with Crippen molar-refractivity contribution in [1.29, 1.82) is 0 Å². The van der Waals surface area contributed by atoms with Crippen LogP contribution in [0, 0.1) is 11.6 Å². The highest BCUT2D eigenvalue weighted by Gasteiger charge is 2.18. The molecule has 1 rings (SSSR count). The van der Waals surface area contributed by atoms with Gasteiger partial charge in [0.1, 0.15) is 11.6 Å². The minimum Gasteiger partial charge on any atom is -0.390 e. The fraction of sp³-hybridized carbons (Fsp3) is 0.533. The van der Waals surface area contributed by atoms with Gasteiger partial charge in [-0.15, -0.1) is 0 Å². The van der Waals surface area contributed by atoms with E-state index in [-0.39, 0.29) is 18.9 Å². The van der Waals surface area contributed by atoms with Crippen LogP contribution in [0.15, 0.2) is 18.2 Å². The molecule has 5 nitrogen and oxygen atoms in total. The van der Waals surface area contributed by atoms with E-state index in [0.29, 0.717) is 12.1 Å². The molecule has 7 heteroatoms. The summed E-state index contributed by atoms with van der Waals surface area (Å²) < 4.78 is 26.2. The Morgan fingerprint density at radius 1 is 1.32 bits per heavy atom. The van der Waals surface area contributed by atoms with Crippen molar-refractivity contribution in [2.45, 2.75) is 38.5 Å². The summed E-state index contributed by atoms with van der Waals surface area (Å²) in [4.78, 5) is 11.5. The van der Waals surface area contributed by atoms with Crippen LogP contribution in [0.25, 0.3) is 0 Å². The van der Waals surface area contributed by atoms with Crippen LogP contribution in [0.2, 0.25) is 0 Å². The van der Waals surface area contributed by atoms with Gasteiger partial charge in [0.05, 0.1) is 12.1 Å². The monoisotopic (exact) mass is 315 g/mol. The molecule has 1 aromatic rings. The maximum absolute atomic E-state index is 13.1. The number of nitrogens with one attached hydrogen (secondary N) is 2. The van der Waals surface area contributed by atoms with E-state index in [1.165, 1.54) is 12.1 Å². The highest BCUT2D eigenvalue weighted by atomic mass is 19.1. The Morgan fingerprint density at radius 2 is 1.91 bits per heavy atom. The molecule has 3 atom stereocenters. The molecule has 0 aliphatic carbocycles. The number of likely N-dealkylation sites (N-methyl/N-ethyl adjacent to an activating group) is 1. The van der Waals surface area contributed by atoms with Gasteiger partial charge < -0.3 is 21.5 Å². The zero-order chi connectivity index (χ0) is 16.7. The maximum Gasteiger partial charge on any atom is 0.236 e. The van der Waals surface area contributed by atoms with E-state index >= 15 is 0 Å². The van der Waals surface area contributed by atoms with Gasteiger partial charge in [-0.1, -0.05) is 0 Å². The quantitative estimate of drug-likeness (QED) is 0.556. The second-order valence-electron chi connectivity index (χ2n) is 5.24. The summed E-state index contributed by atoms with van der Waals surface area (Å²) in [5, 5.41) is 15.5. The van der Waals surface area contributed by atoms with E-state index in [0.717, 1.165) is 6.07 Å². The van der Waals surface area contributed by atoms with Crippen LogP contribution >= 0.6 is 0 Å². The molecule has 0 saturated carbocycles. The van der Waals surface area contributed by atoms with Crippen molar-refractivity contribution in [3.8, 4) is 0 Å². The van der Waals surface area contributed by atoms with Gasteiger partial charge in [0, 0.05) is 25.2 Å². The molecule has 0 bridgehead atoms. The van der Waals surface area contributed by atoms with Crippen LogP contribution in [0.1, 0.15) is 19.4 Å². The average Bonchev–Trinajstić information content (AvgIpc) is 2.43. The number of amides is 1. The molecule has 0 aliphatic heterocycles. The lowest BCUT2D eigenvalue weighted by Crippen LogP contribution is -2.49. The molecule has 22 heavy (non-hydrogen) atoms. The van der Waals surface area contributed by atoms with Crippen LogP contribution in [-0.2, 0) is 11.2 Å². The lowest BCUT2D eigenvalue weighted by atomic mass is 10.0. The minimum absolute atomic E-state index is 0.108. The zero-order valence-electron chi connectivity index (χ0n) is 12.8. The summed E-state index contributed by atoms with van der Waals surface area (Å²) in [6.45, 7) is 4.12. The lowest BCUT2D eigenvalue weighted by molar-refractivity contribution is -0.122. The number of rotatable bonds is 8. The first-order valence-electron chi connectivity index (χ1n) is 7.23. The fourth-order valence-electron chi connectivity index (χ4n) is 2.01. The van der Waals surface area contributed by atoms with Gasteiger partial charge >= 0.3 is 0 Å². The van der Waals surface area contributed by atoms with Crippen LogP contribution in [0.4, 0.5) is 8.78 Å². The number of carbonyl (C=O) groups is 1. The maximum atomic E-state index is 13.1. The summed E-state index contributed by atoms with van der Waals surface area (Å²) in [7, 11) is 0. The number of nitrogens with two attached hydrogens (primary N) is 1.